The zero-order valence-electron chi connectivity index (χ0n) is 20.4. The third-order valence-corrected chi connectivity index (χ3v) is 6.43. The molecule has 3 amide bonds. The van der Waals surface area contributed by atoms with Gasteiger partial charge in [0.25, 0.3) is 5.91 Å². The zero-order chi connectivity index (χ0) is 26.1. The van der Waals surface area contributed by atoms with Crippen molar-refractivity contribution in [1.82, 2.24) is 9.88 Å². The van der Waals surface area contributed by atoms with Crippen molar-refractivity contribution in [1.29, 1.82) is 0 Å². The van der Waals surface area contributed by atoms with Gasteiger partial charge in [-0.2, -0.15) is 0 Å². The average molecular weight is 497 g/mol. The van der Waals surface area contributed by atoms with Crippen molar-refractivity contribution in [2.75, 3.05) is 23.8 Å². The molecule has 3 aromatic carbocycles. The number of carbonyl (C=O) groups excluding carboxylic acids is 3. The maximum Gasteiger partial charge on any atom is 0.254 e. The molecular weight excluding hydrogens is 471 g/mol. The number of nitrogens with one attached hydrogen (secondary N) is 1. The number of carbonyl (C=O) groups is 3. The van der Waals surface area contributed by atoms with E-state index in [1.54, 1.807) is 54.4 Å². The summed E-state index contributed by atoms with van der Waals surface area (Å²) in [4.78, 5) is 47.1. The van der Waals surface area contributed by atoms with Gasteiger partial charge in [0.05, 0.1) is 28.1 Å². The van der Waals surface area contributed by atoms with Crippen LogP contribution in [-0.4, -0.2) is 47.2 Å². The predicted octanol–water partition coefficient (Wildman–Crippen LogP) is 4.88. The van der Waals surface area contributed by atoms with E-state index in [1.165, 1.54) is 17.0 Å². The molecule has 2 heterocycles. The average Bonchev–Trinajstić information content (AvgIpc) is 3.02. The lowest BCUT2D eigenvalue weighted by atomic mass is 10.0. The minimum atomic E-state index is -0.383. The summed E-state index contributed by atoms with van der Waals surface area (Å²) in [7, 11) is 1.57. The summed E-state index contributed by atoms with van der Waals surface area (Å²) < 4.78 is 13.5. The minimum Gasteiger partial charge on any atom is -0.332 e. The van der Waals surface area contributed by atoms with E-state index in [9.17, 15) is 18.8 Å². The maximum absolute atomic E-state index is 13.7. The van der Waals surface area contributed by atoms with Crippen molar-refractivity contribution in [2.24, 2.45) is 0 Å². The smallest absolute Gasteiger partial charge is 0.254 e. The number of hydrogen-bond acceptors (Lipinski definition) is 4. The summed E-state index contributed by atoms with van der Waals surface area (Å²) in [6, 6.07) is 21.6. The van der Waals surface area contributed by atoms with Gasteiger partial charge in [0, 0.05) is 30.5 Å². The molecular formula is C29H25FN4O3. The van der Waals surface area contributed by atoms with E-state index in [2.05, 4.69) is 10.3 Å². The van der Waals surface area contributed by atoms with Crippen LogP contribution < -0.4 is 10.2 Å². The highest BCUT2D eigenvalue weighted by Gasteiger charge is 2.31. The summed E-state index contributed by atoms with van der Waals surface area (Å²) >= 11 is 0. The first-order valence-corrected chi connectivity index (χ1v) is 11.9. The van der Waals surface area contributed by atoms with E-state index in [1.807, 2.05) is 31.2 Å². The van der Waals surface area contributed by atoms with E-state index in [0.717, 1.165) is 0 Å². The van der Waals surface area contributed by atoms with E-state index >= 15 is 0 Å². The summed E-state index contributed by atoms with van der Waals surface area (Å²) in [6.07, 6.45) is 0.147. The van der Waals surface area contributed by atoms with E-state index in [0.29, 0.717) is 39.1 Å². The quantitative estimate of drug-likeness (QED) is 0.437. The Kier molecular flexibility index (Phi) is 6.40. The van der Waals surface area contributed by atoms with Crippen LogP contribution in [0.1, 0.15) is 23.7 Å². The number of amides is 3. The molecule has 0 spiro atoms. The molecule has 8 heteroatoms. The van der Waals surface area contributed by atoms with E-state index < -0.39 is 0 Å². The highest BCUT2D eigenvalue weighted by Crippen LogP contribution is 2.32. The Bertz CT molecular complexity index is 1520. The monoisotopic (exact) mass is 496 g/mol. The van der Waals surface area contributed by atoms with Gasteiger partial charge in [0.2, 0.25) is 11.8 Å². The van der Waals surface area contributed by atoms with Crippen molar-refractivity contribution in [3.63, 3.8) is 0 Å². The molecule has 0 saturated carbocycles. The lowest BCUT2D eigenvalue weighted by molar-refractivity contribution is -0.119. The molecule has 5 rings (SSSR count). The van der Waals surface area contributed by atoms with Crippen molar-refractivity contribution < 1.29 is 18.8 Å². The topological polar surface area (TPSA) is 82.6 Å². The lowest BCUT2D eigenvalue weighted by Crippen LogP contribution is -2.45. The zero-order valence-corrected chi connectivity index (χ0v) is 20.4. The van der Waals surface area contributed by atoms with Gasteiger partial charge in [0.15, 0.2) is 0 Å². The third kappa shape index (κ3) is 4.78. The molecule has 186 valence electrons. The Hall–Kier alpha value is -4.59. The molecule has 7 nitrogen and oxygen atoms in total. The normalized spacial score (nSPS) is 15.1. The van der Waals surface area contributed by atoms with Crippen LogP contribution in [0.2, 0.25) is 0 Å². The summed E-state index contributed by atoms with van der Waals surface area (Å²) in [5.41, 5.74) is 3.37. The first-order valence-electron chi connectivity index (χ1n) is 11.9. The van der Waals surface area contributed by atoms with E-state index in [-0.39, 0.29) is 42.5 Å². The van der Waals surface area contributed by atoms with Crippen molar-refractivity contribution in [3.05, 3.63) is 90.2 Å². The van der Waals surface area contributed by atoms with E-state index in [4.69, 9.17) is 0 Å². The molecule has 4 aromatic rings. The van der Waals surface area contributed by atoms with Crippen LogP contribution in [0.15, 0.2) is 78.9 Å². The molecule has 1 aliphatic heterocycles. The number of hydrogen-bond donors (Lipinski definition) is 1. The number of para-hydroxylation sites is 3. The van der Waals surface area contributed by atoms with Crippen LogP contribution in [0.5, 0.6) is 0 Å². The lowest BCUT2D eigenvalue weighted by Gasteiger charge is -2.30. The number of halogens is 1. The minimum absolute atomic E-state index is 0.147. The highest BCUT2D eigenvalue weighted by molar-refractivity contribution is 6.10. The Morgan fingerprint density at radius 2 is 1.76 bits per heavy atom. The Balaban J connectivity index is 1.47. The number of nitrogens with zero attached hydrogens (tertiary/aromatic N) is 3. The fraction of sp³-hybridized carbons (Fsp3) is 0.172. The Morgan fingerprint density at radius 1 is 1.05 bits per heavy atom. The molecule has 1 aromatic heterocycles. The molecule has 0 fully saturated rings. The van der Waals surface area contributed by atoms with Gasteiger partial charge in [0.1, 0.15) is 12.4 Å². The standard InChI is InChI=1S/C29H25FN4O3/c1-18-15-27(35)32-24-9-5-6-10-26(24)34(18)28(36)17-33(2)29(37)22-16-25(19-11-13-20(30)14-12-19)31-23-8-4-3-7-21(22)23/h3-14,16,18H,15,17H2,1-2H3,(H,32,35). The number of rotatable bonds is 4. The molecule has 1 N–H and O–H groups in total. The number of aromatic nitrogens is 1. The summed E-state index contributed by atoms with van der Waals surface area (Å²) in [5, 5.41) is 3.49. The van der Waals surface area contributed by atoms with Crippen LogP contribution in [0.3, 0.4) is 0 Å². The van der Waals surface area contributed by atoms with Gasteiger partial charge in [-0.05, 0) is 55.5 Å². The van der Waals surface area contributed by atoms with Crippen molar-refractivity contribution in [3.8, 4) is 11.3 Å². The van der Waals surface area contributed by atoms with Gasteiger partial charge < -0.3 is 15.1 Å². The van der Waals surface area contributed by atoms with Crippen LogP contribution in [0.4, 0.5) is 15.8 Å². The maximum atomic E-state index is 13.7. The van der Waals surface area contributed by atoms with Crippen LogP contribution in [0, 0.1) is 5.82 Å². The molecule has 1 aliphatic rings. The van der Waals surface area contributed by atoms with Crippen LogP contribution >= 0.6 is 0 Å². The van der Waals surface area contributed by atoms with Gasteiger partial charge in [-0.25, -0.2) is 9.37 Å². The first kappa shape index (κ1) is 24.1. The molecule has 37 heavy (non-hydrogen) atoms. The van der Waals surface area contributed by atoms with Crippen LogP contribution in [0.25, 0.3) is 22.2 Å². The molecule has 1 unspecified atom stereocenters. The highest BCUT2D eigenvalue weighted by atomic mass is 19.1. The predicted molar refractivity (Wildman–Crippen MR) is 141 cm³/mol. The molecule has 0 saturated heterocycles. The third-order valence-electron chi connectivity index (χ3n) is 6.43. The number of likely N-dealkylation sites (N-methyl/N-ethyl adjacent to an activating group) is 1. The van der Waals surface area contributed by atoms with Gasteiger partial charge in [-0.15, -0.1) is 0 Å². The molecule has 0 aliphatic carbocycles. The second-order valence-electron chi connectivity index (χ2n) is 9.12. The molecule has 0 bridgehead atoms. The second kappa shape index (κ2) is 9.81. The van der Waals surface area contributed by atoms with Gasteiger partial charge >= 0.3 is 0 Å². The molecule has 1 atom stereocenters. The Morgan fingerprint density at radius 3 is 2.54 bits per heavy atom. The van der Waals surface area contributed by atoms with Crippen molar-refractivity contribution >= 4 is 40.0 Å². The Labute approximate surface area is 213 Å². The first-order chi connectivity index (χ1) is 17.8. The fourth-order valence-corrected chi connectivity index (χ4v) is 4.65. The fourth-order valence-electron chi connectivity index (χ4n) is 4.65. The van der Waals surface area contributed by atoms with Crippen molar-refractivity contribution in [2.45, 2.75) is 19.4 Å². The summed E-state index contributed by atoms with van der Waals surface area (Å²) in [5.74, 6) is -1.18. The molecule has 0 radical (unpaired) electrons. The van der Waals surface area contributed by atoms with Gasteiger partial charge in [-0.3, -0.25) is 14.4 Å². The van der Waals surface area contributed by atoms with Crippen LogP contribution in [-0.2, 0) is 9.59 Å². The summed E-state index contributed by atoms with van der Waals surface area (Å²) in [6.45, 7) is 1.63. The second-order valence-corrected chi connectivity index (χ2v) is 9.12. The van der Waals surface area contributed by atoms with Gasteiger partial charge in [-0.1, -0.05) is 30.3 Å². The number of benzene rings is 3. The number of pyridine rings is 1. The number of fused-ring (bicyclic) bond motifs is 2. The number of anilines is 2. The SMILES string of the molecule is CC1CC(=O)Nc2ccccc2N1C(=O)CN(C)C(=O)c1cc(-c2ccc(F)cc2)nc2ccccc12. The largest absolute Gasteiger partial charge is 0.332 e.